The molecule has 0 fully saturated rings. The lowest BCUT2D eigenvalue weighted by Gasteiger charge is -2.01. The predicted octanol–water partition coefficient (Wildman–Crippen LogP) is 5.43. The van der Waals surface area contributed by atoms with Crippen LogP contribution < -0.4 is 0 Å². The quantitative estimate of drug-likeness (QED) is 0.431. The molecule has 5 heterocycles. The largest absolute Gasteiger partial charge is 0.472 e. The van der Waals surface area contributed by atoms with E-state index >= 15 is 0 Å². The minimum absolute atomic E-state index is 0.875. The second-order valence-corrected chi connectivity index (χ2v) is 6.92. The van der Waals surface area contributed by atoms with Crippen LogP contribution in [0.3, 0.4) is 0 Å². The Hall–Kier alpha value is -4.19. The van der Waals surface area contributed by atoms with Crippen molar-refractivity contribution in [3.05, 3.63) is 79.8 Å². The zero-order valence-electron chi connectivity index (χ0n) is 15.3. The van der Waals surface area contributed by atoms with Gasteiger partial charge in [-0.2, -0.15) is 5.10 Å². The highest BCUT2D eigenvalue weighted by Gasteiger charge is 2.15. The molecule has 0 unspecified atom stereocenters. The summed E-state index contributed by atoms with van der Waals surface area (Å²) < 4.78 is 5.25. The lowest BCUT2D eigenvalue weighted by molar-refractivity contribution is 0.568. The smallest absolute Gasteiger partial charge is 0.116 e. The third-order valence-electron chi connectivity index (χ3n) is 5.19. The molecule has 6 rings (SSSR count). The SMILES string of the molecule is c1cncc(-c2ccc3[nH]nc(-c4cc5c(-c6ccoc6)cncc5[nH]4)c3c2)c1. The predicted molar refractivity (Wildman–Crippen MR) is 112 cm³/mol. The van der Waals surface area contributed by atoms with Crippen LogP contribution in [0.15, 0.2) is 84.2 Å². The summed E-state index contributed by atoms with van der Waals surface area (Å²) >= 11 is 0. The van der Waals surface area contributed by atoms with Gasteiger partial charge >= 0.3 is 0 Å². The minimum Gasteiger partial charge on any atom is -0.472 e. The van der Waals surface area contributed by atoms with Gasteiger partial charge < -0.3 is 9.40 Å². The van der Waals surface area contributed by atoms with Crippen molar-refractivity contribution < 1.29 is 4.42 Å². The molecule has 0 spiro atoms. The maximum atomic E-state index is 5.25. The van der Waals surface area contributed by atoms with E-state index in [2.05, 4.69) is 55.5 Å². The van der Waals surface area contributed by atoms with Crippen molar-refractivity contribution in [2.45, 2.75) is 0 Å². The van der Waals surface area contributed by atoms with Crippen LogP contribution in [-0.4, -0.2) is 25.1 Å². The third kappa shape index (κ3) is 2.54. The Morgan fingerprint density at radius 3 is 2.66 bits per heavy atom. The zero-order valence-corrected chi connectivity index (χ0v) is 15.3. The highest BCUT2D eigenvalue weighted by molar-refractivity contribution is 6.01. The molecule has 0 radical (unpaired) electrons. The second-order valence-electron chi connectivity index (χ2n) is 6.92. The van der Waals surface area contributed by atoms with Crippen molar-refractivity contribution in [1.29, 1.82) is 0 Å². The summed E-state index contributed by atoms with van der Waals surface area (Å²) in [4.78, 5) is 12.1. The molecule has 29 heavy (non-hydrogen) atoms. The fraction of sp³-hybridized carbons (Fsp3) is 0. The lowest BCUT2D eigenvalue weighted by Crippen LogP contribution is -1.81. The normalized spacial score (nSPS) is 11.4. The van der Waals surface area contributed by atoms with Gasteiger partial charge in [0.1, 0.15) is 5.69 Å². The lowest BCUT2D eigenvalue weighted by atomic mass is 10.0. The van der Waals surface area contributed by atoms with Gasteiger partial charge in [-0.05, 0) is 35.9 Å². The molecule has 0 saturated heterocycles. The standard InChI is InChI=1S/C23H15N5O/c1-2-15(10-24-6-1)14-3-4-20-18(8-14)23(28-27-20)21-9-17-19(16-5-7-29-13-16)11-25-12-22(17)26-21/h1-13,26H,(H,27,28). The maximum Gasteiger partial charge on any atom is 0.116 e. The first-order valence-electron chi connectivity index (χ1n) is 9.25. The average molecular weight is 377 g/mol. The van der Waals surface area contributed by atoms with Gasteiger partial charge in [0.25, 0.3) is 0 Å². The Morgan fingerprint density at radius 2 is 1.79 bits per heavy atom. The van der Waals surface area contributed by atoms with E-state index in [1.807, 2.05) is 30.7 Å². The van der Waals surface area contributed by atoms with Crippen molar-refractivity contribution in [2.24, 2.45) is 0 Å². The molecule has 5 aromatic heterocycles. The first kappa shape index (κ1) is 15.8. The van der Waals surface area contributed by atoms with Crippen LogP contribution in [0.5, 0.6) is 0 Å². The van der Waals surface area contributed by atoms with Gasteiger partial charge in [-0.25, -0.2) is 0 Å². The fourth-order valence-corrected chi connectivity index (χ4v) is 3.76. The molecule has 0 aliphatic rings. The van der Waals surface area contributed by atoms with Crippen LogP contribution in [0.25, 0.3) is 55.4 Å². The van der Waals surface area contributed by atoms with E-state index in [1.54, 1.807) is 18.7 Å². The molecule has 6 heteroatoms. The van der Waals surface area contributed by atoms with Crippen LogP contribution in [0.4, 0.5) is 0 Å². The number of hydrogen-bond donors (Lipinski definition) is 2. The first-order chi connectivity index (χ1) is 14.4. The number of hydrogen-bond acceptors (Lipinski definition) is 4. The molecule has 0 saturated carbocycles. The van der Waals surface area contributed by atoms with Crippen molar-refractivity contribution >= 4 is 21.8 Å². The molecule has 0 amide bonds. The summed E-state index contributed by atoms with van der Waals surface area (Å²) in [6.07, 6.45) is 10.7. The summed E-state index contributed by atoms with van der Waals surface area (Å²) in [5.74, 6) is 0. The molecule has 1 aromatic carbocycles. The molecule has 6 nitrogen and oxygen atoms in total. The van der Waals surface area contributed by atoms with E-state index in [4.69, 9.17) is 4.42 Å². The topological polar surface area (TPSA) is 83.4 Å². The molecule has 0 aliphatic carbocycles. The maximum absolute atomic E-state index is 5.25. The van der Waals surface area contributed by atoms with Crippen molar-refractivity contribution in [3.63, 3.8) is 0 Å². The number of furan rings is 1. The number of pyridine rings is 2. The van der Waals surface area contributed by atoms with Gasteiger partial charge in [0.15, 0.2) is 0 Å². The van der Waals surface area contributed by atoms with Crippen LogP contribution in [-0.2, 0) is 0 Å². The number of benzene rings is 1. The molecule has 0 atom stereocenters. The molecular formula is C23H15N5O. The highest BCUT2D eigenvalue weighted by atomic mass is 16.3. The van der Waals surface area contributed by atoms with E-state index in [1.165, 1.54) is 0 Å². The molecular weight excluding hydrogens is 362 g/mol. The van der Waals surface area contributed by atoms with Gasteiger partial charge in [0, 0.05) is 46.1 Å². The summed E-state index contributed by atoms with van der Waals surface area (Å²) in [6.45, 7) is 0. The van der Waals surface area contributed by atoms with Crippen molar-refractivity contribution in [3.8, 4) is 33.6 Å². The molecule has 0 aliphatic heterocycles. The van der Waals surface area contributed by atoms with Crippen LogP contribution >= 0.6 is 0 Å². The third-order valence-corrected chi connectivity index (χ3v) is 5.19. The first-order valence-corrected chi connectivity index (χ1v) is 9.25. The molecule has 6 aromatic rings. The molecule has 2 N–H and O–H groups in total. The summed E-state index contributed by atoms with van der Waals surface area (Å²) in [6, 6.07) is 14.3. The van der Waals surface area contributed by atoms with E-state index in [9.17, 15) is 0 Å². The van der Waals surface area contributed by atoms with Crippen LogP contribution in [0.2, 0.25) is 0 Å². The van der Waals surface area contributed by atoms with Crippen LogP contribution in [0, 0.1) is 0 Å². The van der Waals surface area contributed by atoms with E-state index < -0.39 is 0 Å². The monoisotopic (exact) mass is 377 g/mol. The Kier molecular flexibility index (Phi) is 3.37. The number of aromatic nitrogens is 5. The Morgan fingerprint density at radius 1 is 0.793 bits per heavy atom. The van der Waals surface area contributed by atoms with Gasteiger partial charge in [0.05, 0.1) is 35.5 Å². The van der Waals surface area contributed by atoms with Gasteiger partial charge in [0.2, 0.25) is 0 Å². The van der Waals surface area contributed by atoms with Gasteiger partial charge in [-0.3, -0.25) is 15.1 Å². The Labute approximate surface area is 165 Å². The van der Waals surface area contributed by atoms with E-state index in [0.717, 1.165) is 55.4 Å². The number of rotatable bonds is 3. The Balaban J connectivity index is 1.53. The average Bonchev–Trinajstić information content (AvgIpc) is 3.52. The molecule has 138 valence electrons. The van der Waals surface area contributed by atoms with E-state index in [0.29, 0.717) is 0 Å². The Bertz CT molecular complexity index is 1450. The summed E-state index contributed by atoms with van der Waals surface area (Å²) in [5, 5.41) is 9.84. The number of nitrogens with one attached hydrogen (secondary N) is 2. The number of nitrogens with zero attached hydrogens (tertiary/aromatic N) is 3. The van der Waals surface area contributed by atoms with Gasteiger partial charge in [-0.15, -0.1) is 0 Å². The van der Waals surface area contributed by atoms with E-state index in [-0.39, 0.29) is 0 Å². The van der Waals surface area contributed by atoms with Crippen LogP contribution in [0.1, 0.15) is 0 Å². The fourth-order valence-electron chi connectivity index (χ4n) is 3.76. The summed E-state index contributed by atoms with van der Waals surface area (Å²) in [7, 11) is 0. The number of aromatic amines is 2. The van der Waals surface area contributed by atoms with Crippen molar-refractivity contribution in [2.75, 3.05) is 0 Å². The van der Waals surface area contributed by atoms with Crippen molar-refractivity contribution in [1.82, 2.24) is 25.1 Å². The second kappa shape index (κ2) is 6.17. The zero-order chi connectivity index (χ0) is 19.2. The number of fused-ring (bicyclic) bond motifs is 2. The number of H-pyrrole nitrogens is 2. The highest BCUT2D eigenvalue weighted by Crippen LogP contribution is 2.34. The van der Waals surface area contributed by atoms with Gasteiger partial charge in [-0.1, -0.05) is 12.1 Å². The minimum atomic E-state index is 0.875. The summed E-state index contributed by atoms with van der Waals surface area (Å²) in [5.41, 5.74) is 7.95. The molecule has 0 bridgehead atoms.